The fraction of sp³-hybridized carbons (Fsp3) is 0.571. The maximum Gasteiger partial charge on any atom is 0.137 e. The maximum absolute atomic E-state index is 13.5. The van der Waals surface area contributed by atoms with Gasteiger partial charge in [0.1, 0.15) is 5.82 Å². The lowest BCUT2D eigenvalue weighted by molar-refractivity contribution is 0.0982. The molecule has 0 fully saturated rings. The average molecular weight is 353 g/mol. The first kappa shape index (κ1) is 16.9. The normalized spacial score (nSPS) is 11.5. The van der Waals surface area contributed by atoms with Crippen molar-refractivity contribution in [3.05, 3.63) is 34.1 Å². The number of hydrogen-bond donors (Lipinski definition) is 0. The van der Waals surface area contributed by atoms with Crippen molar-refractivity contribution in [3.8, 4) is 0 Å². The van der Waals surface area contributed by atoms with Crippen LogP contribution in [0.3, 0.4) is 0 Å². The maximum atomic E-state index is 13.5. The van der Waals surface area contributed by atoms with Crippen molar-refractivity contribution >= 4 is 27.5 Å². The third kappa shape index (κ3) is 5.78. The molecule has 0 aliphatic carbocycles. The van der Waals surface area contributed by atoms with Crippen molar-refractivity contribution in [1.29, 1.82) is 0 Å². The molecule has 0 spiro atoms. The van der Waals surface area contributed by atoms with Crippen molar-refractivity contribution in [3.63, 3.8) is 0 Å². The van der Waals surface area contributed by atoms with Crippen LogP contribution in [0.2, 0.25) is 0 Å². The fourth-order valence-electron chi connectivity index (χ4n) is 1.75. The number of halogens is 3. The van der Waals surface area contributed by atoms with E-state index in [-0.39, 0.29) is 5.82 Å². The van der Waals surface area contributed by atoms with Crippen LogP contribution in [0.4, 0.5) is 4.39 Å². The Bertz CT molecular complexity index is 390. The number of benzene rings is 1. The molecule has 0 bridgehead atoms. The topological polar surface area (TPSA) is 12.5 Å². The van der Waals surface area contributed by atoms with E-state index in [2.05, 4.69) is 34.7 Å². The monoisotopic (exact) mass is 351 g/mol. The minimum Gasteiger partial charge on any atom is -0.379 e. The quantitative estimate of drug-likeness (QED) is 0.517. The van der Waals surface area contributed by atoms with Gasteiger partial charge in [-0.2, -0.15) is 0 Å². The number of ether oxygens (including phenoxy) is 1. The standard InChI is InChI=1S/C14H20BrClFNO/c1-11(2)18(7-9-19-8-6-16)10-12-4-3-5-13(17)14(12)15/h3-5,11H,6-10H2,1-2H3. The molecule has 19 heavy (non-hydrogen) atoms. The van der Waals surface area contributed by atoms with Gasteiger partial charge in [-0.25, -0.2) is 4.39 Å². The Morgan fingerprint density at radius 2 is 2.11 bits per heavy atom. The van der Waals surface area contributed by atoms with E-state index >= 15 is 0 Å². The summed E-state index contributed by atoms with van der Waals surface area (Å²) in [5.74, 6) is 0.288. The van der Waals surface area contributed by atoms with Gasteiger partial charge in [-0.3, -0.25) is 4.90 Å². The van der Waals surface area contributed by atoms with Gasteiger partial charge in [0.05, 0.1) is 17.7 Å². The lowest BCUT2D eigenvalue weighted by atomic mass is 10.2. The van der Waals surface area contributed by atoms with Crippen LogP contribution >= 0.6 is 27.5 Å². The van der Waals surface area contributed by atoms with Crippen LogP contribution in [0.25, 0.3) is 0 Å². The molecule has 1 rings (SSSR count). The predicted molar refractivity (Wildman–Crippen MR) is 81.2 cm³/mol. The zero-order chi connectivity index (χ0) is 14.3. The van der Waals surface area contributed by atoms with Crippen molar-refractivity contribution in [1.82, 2.24) is 4.90 Å². The summed E-state index contributed by atoms with van der Waals surface area (Å²) in [6.07, 6.45) is 0. The van der Waals surface area contributed by atoms with Gasteiger partial charge in [-0.1, -0.05) is 12.1 Å². The third-order valence-electron chi connectivity index (χ3n) is 2.88. The van der Waals surface area contributed by atoms with Gasteiger partial charge in [0, 0.05) is 25.0 Å². The lowest BCUT2D eigenvalue weighted by Crippen LogP contribution is -2.33. The van der Waals surface area contributed by atoms with Crippen molar-refractivity contribution < 1.29 is 9.13 Å². The zero-order valence-corrected chi connectivity index (χ0v) is 13.7. The highest BCUT2D eigenvalue weighted by Crippen LogP contribution is 2.22. The van der Waals surface area contributed by atoms with Gasteiger partial charge in [0.25, 0.3) is 0 Å². The number of nitrogens with zero attached hydrogens (tertiary/aromatic N) is 1. The molecule has 0 atom stereocenters. The smallest absolute Gasteiger partial charge is 0.137 e. The lowest BCUT2D eigenvalue weighted by Gasteiger charge is -2.26. The fourth-order valence-corrected chi connectivity index (χ4v) is 2.25. The molecule has 2 nitrogen and oxygen atoms in total. The first-order chi connectivity index (χ1) is 9.06. The molecular weight excluding hydrogens is 333 g/mol. The summed E-state index contributed by atoms with van der Waals surface area (Å²) in [7, 11) is 0. The molecule has 0 aromatic heterocycles. The van der Waals surface area contributed by atoms with Crippen LogP contribution < -0.4 is 0 Å². The van der Waals surface area contributed by atoms with E-state index in [0.717, 1.165) is 12.1 Å². The SMILES string of the molecule is CC(C)N(CCOCCCl)Cc1cccc(F)c1Br. The second-order valence-corrected chi connectivity index (χ2v) is 5.75. The molecule has 0 amide bonds. The molecule has 1 aromatic rings. The molecule has 0 N–H and O–H groups in total. The van der Waals surface area contributed by atoms with Crippen molar-refractivity contribution in [2.24, 2.45) is 0 Å². The van der Waals surface area contributed by atoms with E-state index in [9.17, 15) is 4.39 Å². The van der Waals surface area contributed by atoms with Crippen LogP contribution in [-0.4, -0.2) is 36.6 Å². The van der Waals surface area contributed by atoms with E-state index in [4.69, 9.17) is 16.3 Å². The van der Waals surface area contributed by atoms with E-state index in [1.54, 1.807) is 6.07 Å². The Hall–Kier alpha value is -0.160. The summed E-state index contributed by atoms with van der Waals surface area (Å²) >= 11 is 8.86. The highest BCUT2D eigenvalue weighted by molar-refractivity contribution is 9.10. The van der Waals surface area contributed by atoms with Crippen LogP contribution in [0.1, 0.15) is 19.4 Å². The summed E-state index contributed by atoms with van der Waals surface area (Å²) in [5.41, 5.74) is 0.950. The minimum atomic E-state index is -0.223. The molecule has 0 aliphatic heterocycles. The molecule has 0 heterocycles. The summed E-state index contributed by atoms with van der Waals surface area (Å²) in [4.78, 5) is 2.24. The molecule has 0 aliphatic rings. The minimum absolute atomic E-state index is 0.223. The Morgan fingerprint density at radius 1 is 1.37 bits per heavy atom. The third-order valence-corrected chi connectivity index (χ3v) is 3.92. The van der Waals surface area contributed by atoms with E-state index in [1.807, 2.05) is 6.07 Å². The van der Waals surface area contributed by atoms with E-state index in [0.29, 0.717) is 36.2 Å². The van der Waals surface area contributed by atoms with Crippen LogP contribution in [-0.2, 0) is 11.3 Å². The highest BCUT2D eigenvalue weighted by atomic mass is 79.9. The summed E-state index contributed by atoms with van der Waals surface area (Å²) in [6.45, 7) is 6.94. The molecule has 108 valence electrons. The first-order valence-corrected chi connectivity index (χ1v) is 7.69. The Labute approximate surface area is 128 Å². The van der Waals surface area contributed by atoms with Gasteiger partial charge in [-0.05, 0) is 41.4 Å². The largest absolute Gasteiger partial charge is 0.379 e. The Kier molecular flexibility index (Phi) is 7.91. The second kappa shape index (κ2) is 8.90. The predicted octanol–water partition coefficient (Wildman–Crippen LogP) is 4.05. The molecule has 0 radical (unpaired) electrons. The number of hydrogen-bond acceptors (Lipinski definition) is 2. The summed E-state index contributed by atoms with van der Waals surface area (Å²) in [6, 6.07) is 5.49. The van der Waals surface area contributed by atoms with Gasteiger partial charge in [0.2, 0.25) is 0 Å². The van der Waals surface area contributed by atoms with Gasteiger partial charge < -0.3 is 4.74 Å². The van der Waals surface area contributed by atoms with Gasteiger partial charge >= 0.3 is 0 Å². The number of alkyl halides is 1. The number of rotatable bonds is 8. The molecule has 0 unspecified atom stereocenters. The zero-order valence-electron chi connectivity index (χ0n) is 11.3. The molecule has 5 heteroatoms. The van der Waals surface area contributed by atoms with Crippen LogP contribution in [0, 0.1) is 5.82 Å². The average Bonchev–Trinajstić information content (AvgIpc) is 2.37. The Morgan fingerprint density at radius 3 is 2.74 bits per heavy atom. The van der Waals surface area contributed by atoms with Gasteiger partial charge in [0.15, 0.2) is 0 Å². The molecule has 0 saturated heterocycles. The highest BCUT2D eigenvalue weighted by Gasteiger charge is 2.13. The van der Waals surface area contributed by atoms with Gasteiger partial charge in [-0.15, -0.1) is 11.6 Å². The van der Waals surface area contributed by atoms with E-state index in [1.165, 1.54) is 6.07 Å². The van der Waals surface area contributed by atoms with Crippen molar-refractivity contribution in [2.75, 3.05) is 25.6 Å². The molecular formula is C14H20BrClFNO. The Balaban J connectivity index is 2.60. The summed E-state index contributed by atoms with van der Waals surface area (Å²) < 4.78 is 19.4. The molecule has 1 aromatic carbocycles. The van der Waals surface area contributed by atoms with Crippen LogP contribution in [0.5, 0.6) is 0 Å². The van der Waals surface area contributed by atoms with Crippen LogP contribution in [0.15, 0.2) is 22.7 Å². The summed E-state index contributed by atoms with van der Waals surface area (Å²) in [5, 5.41) is 0. The first-order valence-electron chi connectivity index (χ1n) is 6.37. The van der Waals surface area contributed by atoms with Crippen molar-refractivity contribution in [2.45, 2.75) is 26.4 Å². The van der Waals surface area contributed by atoms with E-state index < -0.39 is 0 Å². The molecule has 0 saturated carbocycles. The second-order valence-electron chi connectivity index (χ2n) is 4.58.